The van der Waals surface area contributed by atoms with E-state index in [0.717, 1.165) is 18.3 Å². The number of nitro groups is 1. The Labute approximate surface area is 109 Å². The largest absolute Gasteiger partial charge is 0.265 e. The van der Waals surface area contributed by atoms with E-state index < -0.39 is 0 Å². The molecule has 100 valence electrons. The normalized spacial score (nSPS) is 35.8. The Morgan fingerprint density at radius 1 is 1.28 bits per heavy atom. The molecule has 1 unspecified atom stereocenters. The second kappa shape index (κ2) is 5.02. The molecule has 3 atom stereocenters. The molecule has 3 aliphatic carbocycles. The van der Waals surface area contributed by atoms with Crippen LogP contribution in [0, 0.1) is 33.8 Å². The van der Waals surface area contributed by atoms with E-state index >= 15 is 0 Å². The van der Waals surface area contributed by atoms with Crippen molar-refractivity contribution in [2.45, 2.75) is 51.4 Å². The molecule has 0 aromatic heterocycles. The van der Waals surface area contributed by atoms with Gasteiger partial charge in [0, 0.05) is 10.8 Å². The molecule has 18 heavy (non-hydrogen) atoms. The molecule has 3 aliphatic rings. The molecule has 0 bridgehead atoms. The summed E-state index contributed by atoms with van der Waals surface area (Å²) in [6, 6.07) is 0. The van der Waals surface area contributed by atoms with Crippen molar-refractivity contribution in [3.8, 4) is 0 Å². The second-order valence-electron chi connectivity index (χ2n) is 6.59. The van der Waals surface area contributed by atoms with Crippen LogP contribution < -0.4 is 0 Å². The Balaban J connectivity index is 1.52. The molecule has 2 fully saturated rings. The zero-order valence-corrected chi connectivity index (χ0v) is 11.0. The lowest BCUT2D eigenvalue weighted by molar-refractivity contribution is -0.493. The molecule has 0 heterocycles. The van der Waals surface area contributed by atoms with E-state index in [2.05, 4.69) is 6.08 Å². The van der Waals surface area contributed by atoms with E-state index in [0.29, 0.717) is 11.8 Å². The smallest absolute Gasteiger partial charge is 0.207 e. The number of fused-ring (bicyclic) bond motifs is 1. The molecule has 0 N–H and O–H groups in total. The summed E-state index contributed by atoms with van der Waals surface area (Å²) in [6.07, 6.45) is 13.1. The third-order valence-electron chi connectivity index (χ3n) is 5.31. The lowest BCUT2D eigenvalue weighted by Gasteiger charge is -2.37. The molecule has 0 amide bonds. The van der Waals surface area contributed by atoms with Gasteiger partial charge in [0.1, 0.15) is 0 Å². The molecular weight excluding hydrogens is 226 g/mol. The van der Waals surface area contributed by atoms with Gasteiger partial charge in [-0.05, 0) is 37.0 Å². The summed E-state index contributed by atoms with van der Waals surface area (Å²) in [4.78, 5) is 10.4. The van der Waals surface area contributed by atoms with Crippen molar-refractivity contribution in [1.82, 2.24) is 0 Å². The average molecular weight is 249 g/mol. The van der Waals surface area contributed by atoms with Gasteiger partial charge in [-0.3, -0.25) is 10.1 Å². The predicted octanol–water partition coefficient (Wildman–Crippen LogP) is 3.82. The van der Waals surface area contributed by atoms with E-state index in [1.54, 1.807) is 5.57 Å². The summed E-state index contributed by atoms with van der Waals surface area (Å²) in [5.74, 6) is 2.56. The van der Waals surface area contributed by atoms with Crippen LogP contribution in [0.4, 0.5) is 0 Å². The predicted molar refractivity (Wildman–Crippen MR) is 70.8 cm³/mol. The lowest BCUT2D eigenvalue weighted by atomic mass is 9.66. The maximum atomic E-state index is 10.6. The lowest BCUT2D eigenvalue weighted by Crippen LogP contribution is -2.37. The van der Waals surface area contributed by atoms with Crippen molar-refractivity contribution < 1.29 is 4.92 Å². The molecular formula is C15H23NO2. The fraction of sp³-hybridized carbons (Fsp3) is 0.867. The van der Waals surface area contributed by atoms with Gasteiger partial charge in [0.15, 0.2) is 0 Å². The molecule has 0 spiro atoms. The average Bonchev–Trinajstić information content (AvgIpc) is 2.65. The van der Waals surface area contributed by atoms with Gasteiger partial charge in [-0.2, -0.15) is 0 Å². The first kappa shape index (κ1) is 12.2. The highest BCUT2D eigenvalue weighted by Gasteiger charge is 2.45. The zero-order chi connectivity index (χ0) is 12.5. The van der Waals surface area contributed by atoms with Gasteiger partial charge in [0.25, 0.3) is 0 Å². The van der Waals surface area contributed by atoms with Crippen LogP contribution in [-0.2, 0) is 0 Å². The van der Waals surface area contributed by atoms with Crippen LogP contribution in [0.1, 0.15) is 51.4 Å². The summed E-state index contributed by atoms with van der Waals surface area (Å²) < 4.78 is 0. The van der Waals surface area contributed by atoms with Crippen LogP contribution in [0.2, 0.25) is 0 Å². The van der Waals surface area contributed by atoms with Gasteiger partial charge in [-0.25, -0.2) is 0 Å². The van der Waals surface area contributed by atoms with Crippen molar-refractivity contribution in [2.24, 2.45) is 23.7 Å². The van der Waals surface area contributed by atoms with Crippen molar-refractivity contribution in [1.29, 1.82) is 0 Å². The van der Waals surface area contributed by atoms with Gasteiger partial charge in [-0.1, -0.05) is 43.8 Å². The summed E-state index contributed by atoms with van der Waals surface area (Å²) in [5.41, 5.74) is 1.63. The van der Waals surface area contributed by atoms with E-state index in [1.807, 2.05) is 0 Å². The highest BCUT2D eigenvalue weighted by atomic mass is 16.6. The molecule has 0 aromatic rings. The third-order valence-corrected chi connectivity index (χ3v) is 5.31. The van der Waals surface area contributed by atoms with Gasteiger partial charge < -0.3 is 0 Å². The standard InChI is InChI=1S/C15H23NO2/c17-16(18)10-14-9-13-7-12(8-15(13)14)6-11-4-2-1-3-5-11/h8,11,13-15H,1-7,9-10H2/t13-,14?,15-/m0/s1. The number of nitrogens with zero attached hydrogens (tertiary/aromatic N) is 1. The molecule has 3 heteroatoms. The van der Waals surface area contributed by atoms with Gasteiger partial charge in [-0.15, -0.1) is 0 Å². The minimum absolute atomic E-state index is 0.131. The first-order valence-electron chi connectivity index (χ1n) is 7.53. The third kappa shape index (κ3) is 2.45. The van der Waals surface area contributed by atoms with Crippen molar-refractivity contribution in [3.05, 3.63) is 21.8 Å². The summed E-state index contributed by atoms with van der Waals surface area (Å²) in [6.45, 7) is 0.189. The van der Waals surface area contributed by atoms with E-state index in [1.165, 1.54) is 44.9 Å². The summed E-state index contributed by atoms with van der Waals surface area (Å²) in [5, 5.41) is 10.6. The van der Waals surface area contributed by atoms with Crippen LogP contribution >= 0.6 is 0 Å². The highest BCUT2D eigenvalue weighted by molar-refractivity contribution is 5.20. The van der Waals surface area contributed by atoms with Crippen LogP contribution in [-0.4, -0.2) is 11.5 Å². The zero-order valence-electron chi connectivity index (χ0n) is 11.0. The first-order valence-corrected chi connectivity index (χ1v) is 7.53. The Morgan fingerprint density at radius 2 is 2.06 bits per heavy atom. The SMILES string of the molecule is O=[N+]([O-])CC1C[C@@H]2CC(CC3CCCCC3)=C[C@H]12. The molecule has 0 saturated heterocycles. The maximum Gasteiger partial charge on any atom is 0.207 e. The van der Waals surface area contributed by atoms with Crippen molar-refractivity contribution in [3.63, 3.8) is 0 Å². The Morgan fingerprint density at radius 3 is 2.78 bits per heavy atom. The van der Waals surface area contributed by atoms with Gasteiger partial charge in [0.05, 0.1) is 0 Å². The van der Waals surface area contributed by atoms with Crippen LogP contribution in [0.5, 0.6) is 0 Å². The van der Waals surface area contributed by atoms with E-state index in [4.69, 9.17) is 0 Å². The fourth-order valence-corrected chi connectivity index (χ4v) is 4.36. The molecule has 2 saturated carbocycles. The topological polar surface area (TPSA) is 43.1 Å². The van der Waals surface area contributed by atoms with E-state index in [9.17, 15) is 10.1 Å². The highest BCUT2D eigenvalue weighted by Crippen LogP contribution is 2.51. The molecule has 0 aromatic carbocycles. The molecule has 0 aliphatic heterocycles. The molecule has 0 radical (unpaired) electrons. The van der Waals surface area contributed by atoms with Crippen LogP contribution in [0.25, 0.3) is 0 Å². The quantitative estimate of drug-likeness (QED) is 0.432. The summed E-state index contributed by atoms with van der Waals surface area (Å²) >= 11 is 0. The minimum atomic E-state index is -0.131. The van der Waals surface area contributed by atoms with Gasteiger partial charge in [0.2, 0.25) is 6.54 Å². The monoisotopic (exact) mass is 249 g/mol. The van der Waals surface area contributed by atoms with Crippen molar-refractivity contribution >= 4 is 0 Å². The van der Waals surface area contributed by atoms with Gasteiger partial charge >= 0.3 is 0 Å². The molecule has 3 rings (SSSR count). The minimum Gasteiger partial charge on any atom is -0.265 e. The maximum absolute atomic E-state index is 10.6. The number of allylic oxidation sites excluding steroid dienone is 2. The Kier molecular flexibility index (Phi) is 3.40. The second-order valence-corrected chi connectivity index (χ2v) is 6.59. The Bertz CT molecular complexity index is 358. The van der Waals surface area contributed by atoms with Crippen LogP contribution in [0.15, 0.2) is 11.6 Å². The van der Waals surface area contributed by atoms with E-state index in [-0.39, 0.29) is 11.5 Å². The number of hydrogen-bond acceptors (Lipinski definition) is 2. The van der Waals surface area contributed by atoms with Crippen molar-refractivity contribution in [2.75, 3.05) is 6.54 Å². The number of hydrogen-bond donors (Lipinski definition) is 0. The first-order chi connectivity index (χ1) is 8.72. The molecule has 3 nitrogen and oxygen atoms in total. The van der Waals surface area contributed by atoms with Crippen LogP contribution in [0.3, 0.4) is 0 Å². The Hall–Kier alpha value is -0.860. The fourth-order valence-electron chi connectivity index (χ4n) is 4.36. The summed E-state index contributed by atoms with van der Waals surface area (Å²) in [7, 11) is 0. The number of rotatable bonds is 4.